The van der Waals surface area contributed by atoms with Crippen molar-refractivity contribution in [2.75, 3.05) is 46.1 Å². The Kier molecular flexibility index (Phi) is 45.9. The maximum Gasteiger partial charge on any atom is 0.332 e. The Labute approximate surface area is 333 Å². The van der Waals surface area contributed by atoms with Crippen molar-refractivity contribution in [2.24, 2.45) is 0 Å². The first-order valence-electron chi connectivity index (χ1n) is 23.7. The number of carbonyl (C=O) groups is 1. The molecule has 0 bridgehead atoms. The number of esters is 1. The SMILES string of the molecule is CCCCCCCCCOC(=O)CCCCCCCN(CC)CCCCCCCCCOP(OCCCCCCCCC)OCCCCCCCCC. The normalized spacial score (nSPS) is 11.7. The summed E-state index contributed by atoms with van der Waals surface area (Å²) in [6.45, 7) is 15.6. The van der Waals surface area contributed by atoms with Gasteiger partial charge in [0.15, 0.2) is 0 Å². The Balaban J connectivity index is 3.80. The van der Waals surface area contributed by atoms with Gasteiger partial charge in [-0.3, -0.25) is 4.79 Å². The van der Waals surface area contributed by atoms with E-state index in [2.05, 4.69) is 32.6 Å². The Morgan fingerprint density at radius 3 is 1.04 bits per heavy atom. The fraction of sp³-hybridized carbons (Fsp3) is 0.978. The maximum absolute atomic E-state index is 12.0. The van der Waals surface area contributed by atoms with Gasteiger partial charge in [-0.1, -0.05) is 195 Å². The molecule has 0 amide bonds. The summed E-state index contributed by atoms with van der Waals surface area (Å²) >= 11 is 0. The zero-order chi connectivity index (χ0) is 38.6. The van der Waals surface area contributed by atoms with Crippen molar-refractivity contribution in [2.45, 2.75) is 246 Å². The number of carbonyl (C=O) groups excluding carboxylic acids is 1. The Morgan fingerprint density at radius 2 is 0.679 bits per heavy atom. The first-order chi connectivity index (χ1) is 26.2. The molecule has 0 rings (SSSR count). The molecule has 0 saturated heterocycles. The smallest absolute Gasteiger partial charge is 0.332 e. The summed E-state index contributed by atoms with van der Waals surface area (Å²) in [7, 11) is -1.20. The Morgan fingerprint density at radius 1 is 0.377 bits per heavy atom. The average Bonchev–Trinajstić information content (AvgIpc) is 3.16. The number of hydrogen-bond acceptors (Lipinski definition) is 6. The topological polar surface area (TPSA) is 57.2 Å². The lowest BCUT2D eigenvalue weighted by Crippen LogP contribution is -2.25. The van der Waals surface area contributed by atoms with Gasteiger partial charge < -0.3 is 23.2 Å². The second-order valence-corrected chi connectivity index (χ2v) is 17.0. The number of ether oxygens (including phenoxy) is 1. The first-order valence-corrected chi connectivity index (χ1v) is 24.8. The lowest BCUT2D eigenvalue weighted by atomic mass is 10.1. The number of nitrogens with zero attached hydrogens (tertiary/aromatic N) is 1. The van der Waals surface area contributed by atoms with Crippen LogP contribution in [0, 0.1) is 0 Å². The van der Waals surface area contributed by atoms with Crippen LogP contribution < -0.4 is 0 Å². The van der Waals surface area contributed by atoms with Crippen molar-refractivity contribution in [3.8, 4) is 0 Å². The highest BCUT2D eigenvalue weighted by atomic mass is 31.2. The van der Waals surface area contributed by atoms with E-state index in [9.17, 15) is 4.79 Å². The highest BCUT2D eigenvalue weighted by Gasteiger charge is 2.12. The molecule has 0 aromatic carbocycles. The molecular weight excluding hydrogens is 677 g/mol. The summed E-state index contributed by atoms with van der Waals surface area (Å²) in [5.41, 5.74) is 0. The summed E-state index contributed by atoms with van der Waals surface area (Å²) in [4.78, 5) is 14.6. The average molecular weight is 772 g/mol. The zero-order valence-corrected chi connectivity index (χ0v) is 37.3. The molecule has 0 aromatic rings. The largest absolute Gasteiger partial charge is 0.466 e. The third-order valence-corrected chi connectivity index (χ3v) is 11.7. The van der Waals surface area contributed by atoms with Gasteiger partial charge >= 0.3 is 14.6 Å². The minimum absolute atomic E-state index is 0.00498. The highest BCUT2D eigenvalue weighted by Crippen LogP contribution is 2.40. The summed E-state index contributed by atoms with van der Waals surface area (Å²) in [6, 6.07) is 0. The van der Waals surface area contributed by atoms with Crippen LogP contribution in [0.5, 0.6) is 0 Å². The van der Waals surface area contributed by atoms with Crippen molar-refractivity contribution < 1.29 is 23.1 Å². The van der Waals surface area contributed by atoms with Crippen LogP contribution in [0.2, 0.25) is 0 Å². The van der Waals surface area contributed by atoms with Crippen molar-refractivity contribution in [1.82, 2.24) is 4.90 Å². The predicted molar refractivity (Wildman–Crippen MR) is 232 cm³/mol. The highest BCUT2D eigenvalue weighted by molar-refractivity contribution is 7.41. The molecule has 0 aliphatic carbocycles. The monoisotopic (exact) mass is 772 g/mol. The van der Waals surface area contributed by atoms with Crippen LogP contribution in [0.4, 0.5) is 0 Å². The van der Waals surface area contributed by atoms with Gasteiger partial charge in [-0.25, -0.2) is 0 Å². The van der Waals surface area contributed by atoms with Crippen molar-refractivity contribution in [3.63, 3.8) is 0 Å². The van der Waals surface area contributed by atoms with Crippen molar-refractivity contribution >= 4 is 14.6 Å². The van der Waals surface area contributed by atoms with E-state index in [4.69, 9.17) is 18.3 Å². The first kappa shape index (κ1) is 52.7. The van der Waals surface area contributed by atoms with E-state index in [0.29, 0.717) is 13.0 Å². The summed E-state index contributed by atoms with van der Waals surface area (Å²) in [5.74, 6) is 0.00498. The third kappa shape index (κ3) is 42.7. The van der Waals surface area contributed by atoms with E-state index in [0.717, 1.165) is 64.9 Å². The number of hydrogen-bond donors (Lipinski definition) is 0. The van der Waals surface area contributed by atoms with Gasteiger partial charge in [0.25, 0.3) is 0 Å². The molecule has 6 nitrogen and oxygen atoms in total. The lowest BCUT2D eigenvalue weighted by molar-refractivity contribution is -0.143. The fourth-order valence-corrected chi connectivity index (χ4v) is 7.91. The van der Waals surface area contributed by atoms with E-state index >= 15 is 0 Å². The third-order valence-electron chi connectivity index (χ3n) is 10.5. The fourth-order valence-electron chi connectivity index (χ4n) is 6.85. The predicted octanol–water partition coefficient (Wildman–Crippen LogP) is 15.5. The van der Waals surface area contributed by atoms with E-state index in [-0.39, 0.29) is 5.97 Å². The van der Waals surface area contributed by atoms with Crippen LogP contribution in [0.15, 0.2) is 0 Å². The quantitative estimate of drug-likeness (QED) is 0.0349. The van der Waals surface area contributed by atoms with Gasteiger partial charge in [0, 0.05) is 6.42 Å². The van der Waals surface area contributed by atoms with Gasteiger partial charge in [-0.2, -0.15) is 0 Å². The molecule has 7 heteroatoms. The van der Waals surface area contributed by atoms with Crippen molar-refractivity contribution in [1.29, 1.82) is 0 Å². The molecule has 318 valence electrons. The van der Waals surface area contributed by atoms with Crippen LogP contribution >= 0.6 is 8.60 Å². The Hall–Kier alpha value is -0.260. The second-order valence-electron chi connectivity index (χ2n) is 15.7. The van der Waals surface area contributed by atoms with Crippen LogP contribution in [-0.2, 0) is 23.1 Å². The van der Waals surface area contributed by atoms with Crippen molar-refractivity contribution in [3.05, 3.63) is 0 Å². The standard InChI is InChI=1S/C46H94NO5P/c1-5-9-12-15-20-28-35-42-49-46(48)39-32-25-24-27-34-41-47(8-4)40-33-26-19-18-23-31-38-45-52-53(50-43-36-29-21-16-13-10-6-2)51-44-37-30-22-17-14-11-7-3/h5-45H2,1-4H3. The summed E-state index contributed by atoms with van der Waals surface area (Å²) < 4.78 is 23.8. The molecule has 0 unspecified atom stereocenters. The molecule has 0 aliphatic heterocycles. The summed E-state index contributed by atoms with van der Waals surface area (Å²) in [6.07, 6.45) is 42.4. The van der Waals surface area contributed by atoms with Crippen LogP contribution in [0.1, 0.15) is 246 Å². The van der Waals surface area contributed by atoms with Gasteiger partial charge in [0.1, 0.15) is 0 Å². The molecule has 0 radical (unpaired) electrons. The molecule has 0 saturated carbocycles. The molecule has 0 heterocycles. The van der Waals surface area contributed by atoms with Gasteiger partial charge in [-0.05, 0) is 64.6 Å². The minimum Gasteiger partial charge on any atom is -0.466 e. The van der Waals surface area contributed by atoms with Gasteiger partial charge in [0.05, 0.1) is 26.4 Å². The molecular formula is C46H94NO5P. The number of unbranched alkanes of at least 4 members (excludes halogenated alkanes) is 28. The lowest BCUT2D eigenvalue weighted by Gasteiger charge is -2.20. The zero-order valence-electron chi connectivity index (χ0n) is 36.4. The van der Waals surface area contributed by atoms with Crippen LogP contribution in [0.25, 0.3) is 0 Å². The maximum atomic E-state index is 12.0. The van der Waals surface area contributed by atoms with Gasteiger partial charge in [-0.15, -0.1) is 0 Å². The molecule has 0 aromatic heterocycles. The molecule has 0 spiro atoms. The van der Waals surface area contributed by atoms with E-state index in [1.165, 1.54) is 186 Å². The van der Waals surface area contributed by atoms with E-state index < -0.39 is 8.60 Å². The molecule has 0 fully saturated rings. The minimum atomic E-state index is -1.20. The van der Waals surface area contributed by atoms with E-state index in [1.54, 1.807) is 0 Å². The van der Waals surface area contributed by atoms with Crippen LogP contribution in [-0.4, -0.2) is 56.9 Å². The molecule has 0 aliphatic rings. The molecule has 0 N–H and O–H groups in total. The summed E-state index contributed by atoms with van der Waals surface area (Å²) in [5, 5.41) is 0. The van der Waals surface area contributed by atoms with Gasteiger partial charge in [0.2, 0.25) is 0 Å². The second kappa shape index (κ2) is 46.1. The molecule has 53 heavy (non-hydrogen) atoms. The number of rotatable bonds is 46. The Bertz CT molecular complexity index is 679. The van der Waals surface area contributed by atoms with Crippen LogP contribution in [0.3, 0.4) is 0 Å². The molecule has 0 atom stereocenters. The van der Waals surface area contributed by atoms with E-state index in [1.807, 2.05) is 0 Å².